The van der Waals surface area contributed by atoms with Gasteiger partial charge in [-0.2, -0.15) is 4.98 Å². The Hall–Kier alpha value is -2.25. The van der Waals surface area contributed by atoms with Crippen molar-refractivity contribution in [3.63, 3.8) is 0 Å². The lowest BCUT2D eigenvalue weighted by molar-refractivity contribution is 0.229. The van der Waals surface area contributed by atoms with E-state index in [4.69, 9.17) is 23.2 Å². The lowest BCUT2D eigenvalue weighted by atomic mass is 10.3. The van der Waals surface area contributed by atoms with Crippen molar-refractivity contribution in [3.8, 4) is 0 Å². The number of carbonyl (C=O) groups is 1. The Balaban J connectivity index is 1.93. The maximum absolute atomic E-state index is 12.2. The van der Waals surface area contributed by atoms with E-state index >= 15 is 0 Å². The van der Waals surface area contributed by atoms with Gasteiger partial charge in [0.2, 0.25) is 5.95 Å². The number of nitrogens with zero attached hydrogens (tertiary/aromatic N) is 5. The van der Waals surface area contributed by atoms with Crippen LogP contribution in [0.1, 0.15) is 0 Å². The SMILES string of the molecule is CNc1nc(N(C)c2ccc(Cl)c(Cl)c2)ncc1N1CCN(C)C1=O. The highest BCUT2D eigenvalue weighted by atomic mass is 35.5. The maximum Gasteiger partial charge on any atom is 0.324 e. The van der Waals surface area contributed by atoms with E-state index < -0.39 is 0 Å². The average molecular weight is 381 g/mol. The van der Waals surface area contributed by atoms with E-state index in [1.807, 2.05) is 13.1 Å². The zero-order valence-electron chi connectivity index (χ0n) is 14.1. The number of aromatic nitrogens is 2. The van der Waals surface area contributed by atoms with Gasteiger partial charge in [-0.25, -0.2) is 9.78 Å². The van der Waals surface area contributed by atoms with Crippen LogP contribution in [-0.4, -0.2) is 55.1 Å². The number of likely N-dealkylation sites (N-methyl/N-ethyl adjacent to an activating group) is 1. The molecular weight excluding hydrogens is 363 g/mol. The third kappa shape index (κ3) is 3.29. The molecule has 25 heavy (non-hydrogen) atoms. The highest BCUT2D eigenvalue weighted by Crippen LogP contribution is 2.32. The van der Waals surface area contributed by atoms with Crippen LogP contribution in [-0.2, 0) is 0 Å². The summed E-state index contributed by atoms with van der Waals surface area (Å²) in [5.41, 5.74) is 1.46. The standard InChI is InChI=1S/C16H18Cl2N6O/c1-19-14-13(24-7-6-22(2)16(24)25)9-20-15(21-14)23(3)10-4-5-11(17)12(18)8-10/h4-5,8-9H,6-7H2,1-3H3,(H,19,20,21). The molecule has 7 nitrogen and oxygen atoms in total. The van der Waals surface area contributed by atoms with E-state index in [0.29, 0.717) is 40.6 Å². The summed E-state index contributed by atoms with van der Waals surface area (Å²) < 4.78 is 0. The number of hydrogen-bond donors (Lipinski definition) is 1. The van der Waals surface area contributed by atoms with Gasteiger partial charge in [0.15, 0.2) is 5.82 Å². The largest absolute Gasteiger partial charge is 0.371 e. The van der Waals surface area contributed by atoms with Gasteiger partial charge in [0.25, 0.3) is 0 Å². The normalized spacial score (nSPS) is 14.2. The molecule has 2 heterocycles. The summed E-state index contributed by atoms with van der Waals surface area (Å²) in [6.07, 6.45) is 1.65. The number of anilines is 4. The second-order valence-corrected chi connectivity index (χ2v) is 6.48. The number of benzene rings is 1. The van der Waals surface area contributed by atoms with Gasteiger partial charge in [0.05, 0.1) is 16.2 Å². The van der Waals surface area contributed by atoms with Crippen LogP contribution in [0.15, 0.2) is 24.4 Å². The van der Waals surface area contributed by atoms with Gasteiger partial charge in [-0.3, -0.25) is 4.90 Å². The summed E-state index contributed by atoms with van der Waals surface area (Å²) in [5, 5.41) is 3.99. The molecule has 0 bridgehead atoms. The van der Waals surface area contributed by atoms with Crippen molar-refractivity contribution >= 4 is 52.4 Å². The van der Waals surface area contributed by atoms with E-state index in [-0.39, 0.29) is 6.03 Å². The minimum absolute atomic E-state index is 0.0642. The van der Waals surface area contributed by atoms with Crippen molar-refractivity contribution in [1.82, 2.24) is 14.9 Å². The van der Waals surface area contributed by atoms with Crippen LogP contribution in [0.2, 0.25) is 10.0 Å². The molecule has 132 valence electrons. The third-order valence-corrected chi connectivity index (χ3v) is 4.83. The average Bonchev–Trinajstić information content (AvgIpc) is 2.95. The predicted molar refractivity (Wildman–Crippen MR) is 101 cm³/mol. The molecule has 1 saturated heterocycles. The number of rotatable bonds is 4. The zero-order valence-corrected chi connectivity index (χ0v) is 15.6. The first-order valence-electron chi connectivity index (χ1n) is 7.68. The smallest absolute Gasteiger partial charge is 0.324 e. The van der Waals surface area contributed by atoms with E-state index in [1.54, 1.807) is 47.1 Å². The lowest BCUT2D eigenvalue weighted by Gasteiger charge is -2.22. The number of halogens is 2. The van der Waals surface area contributed by atoms with Crippen molar-refractivity contribution in [3.05, 3.63) is 34.4 Å². The molecule has 0 spiro atoms. The van der Waals surface area contributed by atoms with Gasteiger partial charge in [0, 0.05) is 39.9 Å². The third-order valence-electron chi connectivity index (χ3n) is 4.09. The second kappa shape index (κ2) is 6.93. The number of carbonyl (C=O) groups excluding carboxylic acids is 1. The molecule has 3 rings (SSSR count). The molecule has 0 radical (unpaired) electrons. The first kappa shape index (κ1) is 17.6. The van der Waals surface area contributed by atoms with E-state index in [9.17, 15) is 4.79 Å². The van der Waals surface area contributed by atoms with Gasteiger partial charge in [-0.05, 0) is 18.2 Å². The molecule has 0 saturated carbocycles. The molecule has 2 amide bonds. The van der Waals surface area contributed by atoms with Crippen LogP contribution in [0.25, 0.3) is 0 Å². The molecule has 1 aromatic heterocycles. The lowest BCUT2D eigenvalue weighted by Crippen LogP contribution is -2.30. The molecule has 0 unspecified atom stereocenters. The summed E-state index contributed by atoms with van der Waals surface area (Å²) in [5.74, 6) is 1.06. The molecule has 9 heteroatoms. The quantitative estimate of drug-likeness (QED) is 0.879. The topological polar surface area (TPSA) is 64.6 Å². The van der Waals surface area contributed by atoms with Gasteiger partial charge < -0.3 is 15.1 Å². The molecule has 0 atom stereocenters. The molecule has 1 fully saturated rings. The van der Waals surface area contributed by atoms with Crippen LogP contribution in [0.3, 0.4) is 0 Å². The van der Waals surface area contributed by atoms with Gasteiger partial charge >= 0.3 is 6.03 Å². The maximum atomic E-state index is 12.2. The predicted octanol–water partition coefficient (Wildman–Crippen LogP) is 3.46. The molecule has 1 aliphatic heterocycles. The fourth-order valence-corrected chi connectivity index (χ4v) is 2.88. The molecule has 1 aliphatic rings. The summed E-state index contributed by atoms with van der Waals surface area (Å²) in [6.45, 7) is 1.28. The minimum atomic E-state index is -0.0642. The summed E-state index contributed by atoms with van der Waals surface area (Å²) in [6, 6.07) is 5.25. The van der Waals surface area contributed by atoms with Crippen molar-refractivity contribution in [2.75, 3.05) is 49.3 Å². The van der Waals surface area contributed by atoms with Gasteiger partial charge in [-0.1, -0.05) is 23.2 Å². The van der Waals surface area contributed by atoms with Gasteiger partial charge in [0.1, 0.15) is 5.69 Å². The van der Waals surface area contributed by atoms with E-state index in [1.165, 1.54) is 0 Å². The van der Waals surface area contributed by atoms with Crippen LogP contribution in [0.4, 0.5) is 27.9 Å². The summed E-state index contributed by atoms with van der Waals surface area (Å²) in [4.78, 5) is 26.3. The van der Waals surface area contributed by atoms with Crippen LogP contribution >= 0.6 is 23.2 Å². The highest BCUT2D eigenvalue weighted by Gasteiger charge is 2.29. The zero-order chi connectivity index (χ0) is 18.1. The first-order chi connectivity index (χ1) is 11.9. The van der Waals surface area contributed by atoms with Crippen LogP contribution in [0, 0.1) is 0 Å². The van der Waals surface area contributed by atoms with Crippen LogP contribution < -0.4 is 15.1 Å². The van der Waals surface area contributed by atoms with Crippen molar-refractivity contribution < 1.29 is 4.79 Å². The highest BCUT2D eigenvalue weighted by molar-refractivity contribution is 6.42. The second-order valence-electron chi connectivity index (χ2n) is 5.67. The van der Waals surface area contributed by atoms with Crippen LogP contribution in [0.5, 0.6) is 0 Å². The molecular formula is C16H18Cl2N6O. The van der Waals surface area contributed by atoms with E-state index in [2.05, 4.69) is 15.3 Å². The molecule has 1 aromatic carbocycles. The van der Waals surface area contributed by atoms with Gasteiger partial charge in [-0.15, -0.1) is 0 Å². The summed E-state index contributed by atoms with van der Waals surface area (Å²) >= 11 is 12.0. The molecule has 1 N–H and O–H groups in total. The monoisotopic (exact) mass is 380 g/mol. The van der Waals surface area contributed by atoms with Crippen molar-refractivity contribution in [2.45, 2.75) is 0 Å². The minimum Gasteiger partial charge on any atom is -0.371 e. The fraction of sp³-hybridized carbons (Fsp3) is 0.312. The summed E-state index contributed by atoms with van der Waals surface area (Å²) in [7, 11) is 5.37. The van der Waals surface area contributed by atoms with Crippen molar-refractivity contribution in [2.24, 2.45) is 0 Å². The molecule has 0 aliphatic carbocycles. The Morgan fingerprint density at radius 3 is 2.60 bits per heavy atom. The number of amides is 2. The Morgan fingerprint density at radius 2 is 2.00 bits per heavy atom. The van der Waals surface area contributed by atoms with Crippen molar-refractivity contribution in [1.29, 1.82) is 0 Å². The van der Waals surface area contributed by atoms with E-state index in [0.717, 1.165) is 5.69 Å². The first-order valence-corrected chi connectivity index (χ1v) is 8.44. The number of hydrogen-bond acceptors (Lipinski definition) is 5. The Labute approximate surface area is 156 Å². The number of urea groups is 1. The number of nitrogens with one attached hydrogen (secondary N) is 1. The Kier molecular flexibility index (Phi) is 4.87. The Bertz CT molecular complexity index is 815. The fourth-order valence-electron chi connectivity index (χ4n) is 2.59. The molecule has 2 aromatic rings. The Morgan fingerprint density at radius 1 is 1.24 bits per heavy atom.